The number of benzene rings is 1. The molecule has 0 saturated carbocycles. The first-order valence-corrected chi connectivity index (χ1v) is 8.07. The van der Waals surface area contributed by atoms with E-state index in [0.29, 0.717) is 11.5 Å². The summed E-state index contributed by atoms with van der Waals surface area (Å²) in [6, 6.07) is 13.4. The molecule has 7 nitrogen and oxygen atoms in total. The van der Waals surface area contributed by atoms with Crippen LogP contribution in [-0.2, 0) is 0 Å². The predicted molar refractivity (Wildman–Crippen MR) is 99.2 cm³/mol. The lowest BCUT2D eigenvalue weighted by molar-refractivity contribution is 0.945. The Hall–Kier alpha value is -3.87. The van der Waals surface area contributed by atoms with Gasteiger partial charge in [-0.25, -0.2) is 14.5 Å². The highest BCUT2D eigenvalue weighted by atomic mass is 15.3. The summed E-state index contributed by atoms with van der Waals surface area (Å²) >= 11 is 0. The number of pyridine rings is 1. The number of aromatic nitrogens is 6. The fraction of sp³-hybridized carbons (Fsp3) is 0. The first kappa shape index (κ1) is 14.5. The minimum Gasteiger partial charge on any atom is -0.382 e. The Balaban J connectivity index is 1.66. The third-order valence-corrected chi connectivity index (χ3v) is 4.16. The van der Waals surface area contributed by atoms with Crippen LogP contribution in [0.2, 0.25) is 0 Å². The van der Waals surface area contributed by atoms with E-state index in [0.717, 1.165) is 33.5 Å². The van der Waals surface area contributed by atoms with Crippen LogP contribution in [0.15, 0.2) is 67.3 Å². The molecule has 5 rings (SSSR count). The van der Waals surface area contributed by atoms with E-state index < -0.39 is 0 Å². The van der Waals surface area contributed by atoms with Gasteiger partial charge < -0.3 is 5.73 Å². The molecule has 0 saturated heterocycles. The van der Waals surface area contributed by atoms with E-state index >= 15 is 0 Å². The average Bonchev–Trinajstić information content (AvgIpc) is 3.03. The number of nitrogens with two attached hydrogens (primary N) is 1. The van der Waals surface area contributed by atoms with Crippen molar-refractivity contribution in [3.8, 4) is 22.5 Å². The molecule has 0 atom stereocenters. The zero-order valence-electron chi connectivity index (χ0n) is 13.6. The van der Waals surface area contributed by atoms with Crippen LogP contribution in [0.5, 0.6) is 0 Å². The summed E-state index contributed by atoms with van der Waals surface area (Å²) < 4.78 is 1.66. The summed E-state index contributed by atoms with van der Waals surface area (Å²) in [5, 5.41) is 4.38. The Morgan fingerprint density at radius 2 is 1.65 bits per heavy atom. The summed E-state index contributed by atoms with van der Waals surface area (Å²) in [4.78, 5) is 18.0. The van der Waals surface area contributed by atoms with Crippen LogP contribution >= 0.6 is 0 Å². The van der Waals surface area contributed by atoms with Crippen LogP contribution in [0, 0.1) is 0 Å². The maximum absolute atomic E-state index is 6.11. The number of hydrogen-bond acceptors (Lipinski definition) is 6. The van der Waals surface area contributed by atoms with Gasteiger partial charge in [-0.1, -0.05) is 18.2 Å². The molecule has 4 aromatic heterocycles. The van der Waals surface area contributed by atoms with E-state index in [1.807, 2.05) is 48.7 Å². The second kappa shape index (κ2) is 5.59. The van der Waals surface area contributed by atoms with Gasteiger partial charge in [-0.15, -0.1) is 5.10 Å². The predicted octanol–water partition coefficient (Wildman–Crippen LogP) is 2.98. The van der Waals surface area contributed by atoms with Gasteiger partial charge in [-0.2, -0.15) is 0 Å². The van der Waals surface area contributed by atoms with Gasteiger partial charge in [0.1, 0.15) is 0 Å². The molecule has 0 radical (unpaired) electrons. The van der Waals surface area contributed by atoms with Gasteiger partial charge in [0.2, 0.25) is 0 Å². The van der Waals surface area contributed by atoms with Crippen molar-refractivity contribution in [1.29, 1.82) is 0 Å². The molecule has 0 fully saturated rings. The maximum atomic E-state index is 6.11. The lowest BCUT2D eigenvalue weighted by Gasteiger charge is -2.03. The van der Waals surface area contributed by atoms with Crippen molar-refractivity contribution in [2.24, 2.45) is 0 Å². The van der Waals surface area contributed by atoms with Crippen LogP contribution in [-0.4, -0.2) is 29.5 Å². The minimum absolute atomic E-state index is 0.387. The molecule has 26 heavy (non-hydrogen) atoms. The third-order valence-electron chi connectivity index (χ3n) is 4.16. The van der Waals surface area contributed by atoms with Gasteiger partial charge in [-0.05, 0) is 24.3 Å². The smallest absolute Gasteiger partial charge is 0.166 e. The van der Waals surface area contributed by atoms with Gasteiger partial charge in [0, 0.05) is 24.2 Å². The zero-order chi connectivity index (χ0) is 17.5. The van der Waals surface area contributed by atoms with Crippen molar-refractivity contribution in [2.45, 2.75) is 0 Å². The van der Waals surface area contributed by atoms with E-state index in [4.69, 9.17) is 5.73 Å². The number of hydrogen-bond donors (Lipinski definition) is 1. The number of nitrogens with zero attached hydrogens (tertiary/aromatic N) is 6. The monoisotopic (exact) mass is 339 g/mol. The second-order valence-electron chi connectivity index (χ2n) is 5.83. The molecule has 0 unspecified atom stereocenters. The lowest BCUT2D eigenvalue weighted by atomic mass is 10.2. The van der Waals surface area contributed by atoms with Gasteiger partial charge >= 0.3 is 0 Å². The second-order valence-corrected chi connectivity index (χ2v) is 5.83. The third kappa shape index (κ3) is 2.26. The van der Waals surface area contributed by atoms with Crippen molar-refractivity contribution in [2.75, 3.05) is 5.73 Å². The standard InChI is InChI=1S/C19H13N7/c20-18-17(15-7-3-4-8-21-15)19-23-9-12(11-26(19)25-18)16-10-22-13-5-1-2-6-14(13)24-16/h1-11H,(H2,20,25). The first-order valence-electron chi connectivity index (χ1n) is 8.07. The maximum Gasteiger partial charge on any atom is 0.166 e. The molecule has 0 amide bonds. The van der Waals surface area contributed by atoms with Crippen molar-refractivity contribution in [3.63, 3.8) is 0 Å². The van der Waals surface area contributed by atoms with Gasteiger partial charge in [0.25, 0.3) is 0 Å². The Bertz CT molecular complexity index is 1240. The molecule has 0 aliphatic carbocycles. The first-order chi connectivity index (χ1) is 12.8. The molecule has 0 bridgehead atoms. The fourth-order valence-corrected chi connectivity index (χ4v) is 2.94. The molecule has 5 aromatic rings. The van der Waals surface area contributed by atoms with Crippen LogP contribution < -0.4 is 5.73 Å². The largest absolute Gasteiger partial charge is 0.382 e. The number of nitrogen functional groups attached to an aromatic ring is 1. The molecule has 4 heterocycles. The van der Waals surface area contributed by atoms with E-state index in [1.165, 1.54) is 0 Å². The molecule has 7 heteroatoms. The Morgan fingerprint density at radius 3 is 2.50 bits per heavy atom. The Kier molecular flexibility index (Phi) is 3.11. The molecular formula is C19H13N7. The highest BCUT2D eigenvalue weighted by Crippen LogP contribution is 2.28. The van der Waals surface area contributed by atoms with Crippen LogP contribution in [0.3, 0.4) is 0 Å². The summed E-state index contributed by atoms with van der Waals surface area (Å²) in [6.07, 6.45) is 7.06. The number of rotatable bonds is 2. The minimum atomic E-state index is 0.387. The molecular weight excluding hydrogens is 326 g/mol. The quantitative estimate of drug-likeness (QED) is 0.531. The van der Waals surface area contributed by atoms with Crippen molar-refractivity contribution in [3.05, 3.63) is 67.3 Å². The molecule has 124 valence electrons. The molecule has 2 N–H and O–H groups in total. The van der Waals surface area contributed by atoms with Gasteiger partial charge in [-0.3, -0.25) is 9.97 Å². The van der Waals surface area contributed by atoms with Gasteiger partial charge in [0.05, 0.1) is 34.2 Å². The van der Waals surface area contributed by atoms with E-state index in [9.17, 15) is 0 Å². The average molecular weight is 339 g/mol. The van der Waals surface area contributed by atoms with Crippen LogP contribution in [0.1, 0.15) is 0 Å². The number of para-hydroxylation sites is 2. The van der Waals surface area contributed by atoms with Crippen LogP contribution in [0.4, 0.5) is 5.82 Å². The Labute approximate surface area is 148 Å². The zero-order valence-corrected chi connectivity index (χ0v) is 13.6. The highest BCUT2D eigenvalue weighted by Gasteiger charge is 2.15. The number of fused-ring (bicyclic) bond motifs is 2. The molecule has 1 aromatic carbocycles. The SMILES string of the molecule is Nc1nn2cc(-c3cnc4ccccc4n3)cnc2c1-c1ccccn1. The molecule has 0 spiro atoms. The summed E-state index contributed by atoms with van der Waals surface area (Å²) in [5.41, 5.74) is 11.5. The lowest BCUT2D eigenvalue weighted by Crippen LogP contribution is -1.95. The van der Waals surface area contributed by atoms with Crippen molar-refractivity contribution < 1.29 is 0 Å². The van der Waals surface area contributed by atoms with E-state index in [2.05, 4.69) is 25.0 Å². The van der Waals surface area contributed by atoms with Crippen molar-refractivity contribution >= 4 is 22.5 Å². The molecule has 0 aliphatic rings. The fourth-order valence-electron chi connectivity index (χ4n) is 2.94. The molecule has 0 aliphatic heterocycles. The van der Waals surface area contributed by atoms with Gasteiger partial charge in [0.15, 0.2) is 11.5 Å². The normalized spacial score (nSPS) is 11.2. The summed E-state index contributed by atoms with van der Waals surface area (Å²) in [6.45, 7) is 0. The Morgan fingerprint density at radius 1 is 0.808 bits per heavy atom. The summed E-state index contributed by atoms with van der Waals surface area (Å²) in [5.74, 6) is 0.387. The highest BCUT2D eigenvalue weighted by molar-refractivity contribution is 5.84. The van der Waals surface area contributed by atoms with E-state index in [-0.39, 0.29) is 0 Å². The summed E-state index contributed by atoms with van der Waals surface area (Å²) in [7, 11) is 0. The van der Waals surface area contributed by atoms with Crippen LogP contribution in [0.25, 0.3) is 39.2 Å². The number of anilines is 1. The van der Waals surface area contributed by atoms with Crippen molar-refractivity contribution in [1.82, 2.24) is 29.5 Å². The van der Waals surface area contributed by atoms with E-state index in [1.54, 1.807) is 23.1 Å². The topological polar surface area (TPSA) is 94.9 Å².